The van der Waals surface area contributed by atoms with Gasteiger partial charge in [0.05, 0.1) is 24.3 Å². The second kappa shape index (κ2) is 7.20. The first kappa shape index (κ1) is 16.2. The van der Waals surface area contributed by atoms with Crippen LogP contribution in [0.4, 0.5) is 5.00 Å². The zero-order valence-electron chi connectivity index (χ0n) is 12.8. The minimum absolute atomic E-state index is 0.0869. The number of aromatic nitrogens is 2. The number of aryl methyl sites for hydroxylation is 1. The topological polar surface area (TPSA) is 82.7 Å². The SMILES string of the molecule is Cc1cnn([C@@H](C)[C@H](C)NCC(=O)Nc2sccc2C#N)c1. The van der Waals surface area contributed by atoms with Crippen LogP contribution in [0.1, 0.15) is 31.0 Å². The van der Waals surface area contributed by atoms with Crippen LogP contribution < -0.4 is 10.6 Å². The van der Waals surface area contributed by atoms with Gasteiger partial charge in [-0.2, -0.15) is 10.4 Å². The maximum atomic E-state index is 11.9. The molecule has 2 heterocycles. The molecule has 2 aromatic rings. The molecule has 0 aliphatic heterocycles. The second-order valence-corrected chi connectivity index (χ2v) is 6.15. The summed E-state index contributed by atoms with van der Waals surface area (Å²) in [6.45, 7) is 6.25. The molecule has 0 saturated carbocycles. The molecule has 0 radical (unpaired) electrons. The summed E-state index contributed by atoms with van der Waals surface area (Å²) in [6.07, 6.45) is 3.80. The van der Waals surface area contributed by atoms with E-state index < -0.39 is 0 Å². The molecule has 2 N–H and O–H groups in total. The third kappa shape index (κ3) is 3.93. The van der Waals surface area contributed by atoms with Crippen molar-refractivity contribution in [2.75, 3.05) is 11.9 Å². The zero-order chi connectivity index (χ0) is 16.1. The number of nitriles is 1. The predicted octanol–water partition coefficient (Wildman–Crippen LogP) is 2.30. The normalized spacial score (nSPS) is 13.4. The number of rotatable bonds is 6. The Labute approximate surface area is 133 Å². The first-order valence-electron chi connectivity index (χ1n) is 7.03. The number of nitrogens with one attached hydrogen (secondary N) is 2. The van der Waals surface area contributed by atoms with Crippen molar-refractivity contribution in [3.05, 3.63) is 35.0 Å². The summed E-state index contributed by atoms with van der Waals surface area (Å²) >= 11 is 1.35. The maximum Gasteiger partial charge on any atom is 0.238 e. The molecule has 2 rings (SSSR count). The molecule has 116 valence electrons. The van der Waals surface area contributed by atoms with Gasteiger partial charge < -0.3 is 10.6 Å². The Balaban J connectivity index is 1.84. The second-order valence-electron chi connectivity index (χ2n) is 5.23. The van der Waals surface area contributed by atoms with Crippen LogP contribution in [-0.2, 0) is 4.79 Å². The highest BCUT2D eigenvalue weighted by Gasteiger charge is 2.16. The summed E-state index contributed by atoms with van der Waals surface area (Å²) in [5, 5.41) is 21.5. The molecule has 0 fully saturated rings. The van der Waals surface area contributed by atoms with Gasteiger partial charge in [0.25, 0.3) is 0 Å². The monoisotopic (exact) mass is 317 g/mol. The number of hydrogen-bond acceptors (Lipinski definition) is 5. The van der Waals surface area contributed by atoms with Crippen LogP contribution in [0.5, 0.6) is 0 Å². The lowest BCUT2D eigenvalue weighted by Gasteiger charge is -2.21. The average molecular weight is 317 g/mol. The Kier molecular flexibility index (Phi) is 5.31. The minimum atomic E-state index is -0.158. The average Bonchev–Trinajstić information content (AvgIpc) is 3.12. The highest BCUT2D eigenvalue weighted by molar-refractivity contribution is 7.14. The van der Waals surface area contributed by atoms with Crippen molar-refractivity contribution in [1.82, 2.24) is 15.1 Å². The number of carbonyl (C=O) groups excluding carboxylic acids is 1. The predicted molar refractivity (Wildman–Crippen MR) is 86.8 cm³/mol. The Hall–Kier alpha value is -2.17. The van der Waals surface area contributed by atoms with Crippen molar-refractivity contribution in [3.8, 4) is 6.07 Å². The molecule has 0 aliphatic carbocycles. The molecule has 0 spiro atoms. The number of hydrogen-bond donors (Lipinski definition) is 2. The molecule has 1 amide bonds. The molecule has 0 aromatic carbocycles. The summed E-state index contributed by atoms with van der Waals surface area (Å²) in [5.41, 5.74) is 1.60. The largest absolute Gasteiger partial charge is 0.315 e. The molecule has 7 heteroatoms. The van der Waals surface area contributed by atoms with Crippen LogP contribution in [0.2, 0.25) is 0 Å². The third-order valence-electron chi connectivity index (χ3n) is 3.49. The number of amides is 1. The van der Waals surface area contributed by atoms with Gasteiger partial charge >= 0.3 is 0 Å². The lowest BCUT2D eigenvalue weighted by atomic mass is 10.2. The van der Waals surface area contributed by atoms with Crippen LogP contribution >= 0.6 is 11.3 Å². The van der Waals surface area contributed by atoms with E-state index in [0.29, 0.717) is 10.6 Å². The van der Waals surface area contributed by atoms with Crippen LogP contribution in [0.15, 0.2) is 23.8 Å². The summed E-state index contributed by atoms with van der Waals surface area (Å²) < 4.78 is 1.89. The zero-order valence-corrected chi connectivity index (χ0v) is 13.6. The number of carbonyl (C=O) groups is 1. The van der Waals surface area contributed by atoms with E-state index >= 15 is 0 Å². The van der Waals surface area contributed by atoms with E-state index in [2.05, 4.69) is 28.7 Å². The highest BCUT2D eigenvalue weighted by Crippen LogP contribution is 2.21. The van der Waals surface area contributed by atoms with Gasteiger partial charge in [0.1, 0.15) is 11.1 Å². The van der Waals surface area contributed by atoms with Crippen LogP contribution in [0, 0.1) is 18.3 Å². The first-order chi connectivity index (χ1) is 10.5. The van der Waals surface area contributed by atoms with Crippen molar-refractivity contribution in [2.45, 2.75) is 32.9 Å². The summed E-state index contributed by atoms with van der Waals surface area (Å²) in [6, 6.07) is 3.97. The van der Waals surface area contributed by atoms with Gasteiger partial charge in [-0.15, -0.1) is 11.3 Å². The van der Waals surface area contributed by atoms with Gasteiger partial charge in [-0.05, 0) is 37.8 Å². The Morgan fingerprint density at radius 3 is 2.95 bits per heavy atom. The molecule has 0 unspecified atom stereocenters. The van der Waals surface area contributed by atoms with Crippen LogP contribution in [0.3, 0.4) is 0 Å². The molecular weight excluding hydrogens is 298 g/mol. The van der Waals surface area contributed by atoms with Crippen molar-refractivity contribution < 1.29 is 4.79 Å². The minimum Gasteiger partial charge on any atom is -0.315 e. The molecule has 0 bridgehead atoms. The van der Waals surface area contributed by atoms with E-state index in [1.807, 2.05) is 30.9 Å². The fourth-order valence-electron chi connectivity index (χ4n) is 1.97. The summed E-state index contributed by atoms with van der Waals surface area (Å²) in [7, 11) is 0. The lowest BCUT2D eigenvalue weighted by molar-refractivity contribution is -0.115. The number of anilines is 1. The molecule has 2 atom stereocenters. The summed E-state index contributed by atoms with van der Waals surface area (Å²) in [4.78, 5) is 11.9. The first-order valence-corrected chi connectivity index (χ1v) is 7.90. The molecular formula is C15H19N5OS. The van der Waals surface area contributed by atoms with E-state index in [4.69, 9.17) is 5.26 Å². The van der Waals surface area contributed by atoms with Gasteiger partial charge in [0.15, 0.2) is 0 Å². The standard InChI is InChI=1S/C15H19N5OS/c1-10-7-18-20(9-10)12(3)11(2)17-8-14(21)19-15-13(6-16)4-5-22-15/h4-5,7,9,11-12,17H,8H2,1-3H3,(H,19,21)/t11-,12-/m0/s1. The smallest absolute Gasteiger partial charge is 0.238 e. The van der Waals surface area contributed by atoms with Gasteiger partial charge in [0, 0.05) is 12.2 Å². The Morgan fingerprint density at radius 2 is 2.32 bits per heavy atom. The van der Waals surface area contributed by atoms with E-state index in [1.54, 1.807) is 11.4 Å². The van der Waals surface area contributed by atoms with Crippen LogP contribution in [0.25, 0.3) is 0 Å². The molecule has 0 saturated heterocycles. The van der Waals surface area contributed by atoms with Gasteiger partial charge in [-0.25, -0.2) is 0 Å². The molecule has 0 aliphatic rings. The fourth-order valence-corrected chi connectivity index (χ4v) is 2.73. The Bertz CT molecular complexity index is 684. The number of nitrogens with zero attached hydrogens (tertiary/aromatic N) is 3. The van der Waals surface area contributed by atoms with E-state index in [1.165, 1.54) is 11.3 Å². The van der Waals surface area contributed by atoms with E-state index in [-0.39, 0.29) is 24.5 Å². The third-order valence-corrected chi connectivity index (χ3v) is 4.32. The quantitative estimate of drug-likeness (QED) is 0.856. The molecule has 6 nitrogen and oxygen atoms in total. The van der Waals surface area contributed by atoms with Crippen molar-refractivity contribution in [2.24, 2.45) is 0 Å². The number of thiophene rings is 1. The van der Waals surface area contributed by atoms with E-state index in [0.717, 1.165) is 5.56 Å². The van der Waals surface area contributed by atoms with Gasteiger partial charge in [0.2, 0.25) is 5.91 Å². The maximum absolute atomic E-state index is 11.9. The van der Waals surface area contributed by atoms with Crippen LogP contribution in [-0.4, -0.2) is 28.3 Å². The van der Waals surface area contributed by atoms with E-state index in [9.17, 15) is 4.79 Å². The van der Waals surface area contributed by atoms with Gasteiger partial charge in [-0.3, -0.25) is 9.48 Å². The molecule has 22 heavy (non-hydrogen) atoms. The van der Waals surface area contributed by atoms with Crippen molar-refractivity contribution in [3.63, 3.8) is 0 Å². The fraction of sp³-hybridized carbons (Fsp3) is 0.400. The Morgan fingerprint density at radius 1 is 1.55 bits per heavy atom. The lowest BCUT2D eigenvalue weighted by Crippen LogP contribution is -2.39. The highest BCUT2D eigenvalue weighted by atomic mass is 32.1. The summed E-state index contributed by atoms with van der Waals surface area (Å²) in [5.74, 6) is -0.158. The van der Waals surface area contributed by atoms with Gasteiger partial charge in [-0.1, -0.05) is 0 Å². The molecule has 2 aromatic heterocycles. The van der Waals surface area contributed by atoms with Crippen molar-refractivity contribution in [1.29, 1.82) is 5.26 Å². The van der Waals surface area contributed by atoms with Crippen molar-refractivity contribution >= 4 is 22.2 Å².